The maximum absolute atomic E-state index is 12.6. The van der Waals surface area contributed by atoms with E-state index in [1.54, 1.807) is 0 Å². The maximum atomic E-state index is 12.6. The van der Waals surface area contributed by atoms with E-state index in [9.17, 15) is 14.4 Å². The standard InChI is InChI=1S/C28H31N3O3S/c1-19(32)29-16-4-5-20-8-10-22(11-9-20)25-18-35-28(30-25)31-27(34)15-14-26(33)24-13-12-21-6-2-3-7-23(21)17-24/h8-13,17-18H,2-7,14-16H2,1H3,(H,29,32)(H,30,31,34). The zero-order valence-corrected chi connectivity index (χ0v) is 20.9. The average molecular weight is 490 g/mol. The molecule has 1 heterocycles. The van der Waals surface area contributed by atoms with E-state index in [0.717, 1.165) is 36.9 Å². The SMILES string of the molecule is CC(=O)NCCCc1ccc(-c2csc(NC(=O)CCC(=O)c3ccc4c(c3)CCCC4)n2)cc1. The molecule has 0 aliphatic heterocycles. The predicted octanol–water partition coefficient (Wildman–Crippen LogP) is 5.36. The van der Waals surface area contributed by atoms with Crippen LogP contribution >= 0.6 is 11.3 Å². The minimum Gasteiger partial charge on any atom is -0.356 e. The predicted molar refractivity (Wildman–Crippen MR) is 140 cm³/mol. The van der Waals surface area contributed by atoms with Crippen molar-refractivity contribution in [3.05, 3.63) is 70.1 Å². The number of aryl methyl sites for hydroxylation is 3. The van der Waals surface area contributed by atoms with Gasteiger partial charge < -0.3 is 10.6 Å². The molecule has 0 atom stereocenters. The van der Waals surface area contributed by atoms with Crippen LogP contribution in [-0.2, 0) is 28.9 Å². The normalized spacial score (nSPS) is 12.6. The highest BCUT2D eigenvalue weighted by Gasteiger charge is 2.15. The van der Waals surface area contributed by atoms with Gasteiger partial charge in [-0.1, -0.05) is 36.4 Å². The second-order valence-corrected chi connectivity index (χ2v) is 9.84. The van der Waals surface area contributed by atoms with E-state index in [-0.39, 0.29) is 30.4 Å². The second-order valence-electron chi connectivity index (χ2n) is 8.98. The van der Waals surface area contributed by atoms with Crippen LogP contribution in [0.3, 0.4) is 0 Å². The molecule has 35 heavy (non-hydrogen) atoms. The summed E-state index contributed by atoms with van der Waals surface area (Å²) < 4.78 is 0. The third kappa shape index (κ3) is 7.09. The first-order chi connectivity index (χ1) is 17.0. The molecule has 1 aliphatic carbocycles. The summed E-state index contributed by atoms with van der Waals surface area (Å²) in [6.07, 6.45) is 6.61. The fraction of sp³-hybridized carbons (Fsp3) is 0.357. The van der Waals surface area contributed by atoms with Crippen molar-refractivity contribution in [3.63, 3.8) is 0 Å². The van der Waals surface area contributed by atoms with E-state index in [2.05, 4.69) is 33.8 Å². The van der Waals surface area contributed by atoms with E-state index < -0.39 is 0 Å². The van der Waals surface area contributed by atoms with Crippen molar-refractivity contribution in [2.45, 2.75) is 58.3 Å². The number of nitrogens with one attached hydrogen (secondary N) is 2. The van der Waals surface area contributed by atoms with Gasteiger partial charge in [-0.25, -0.2) is 4.98 Å². The summed E-state index contributed by atoms with van der Waals surface area (Å²) in [4.78, 5) is 40.5. The number of thiazole rings is 1. The second kappa shape index (κ2) is 11.9. The first-order valence-electron chi connectivity index (χ1n) is 12.2. The zero-order valence-electron chi connectivity index (χ0n) is 20.1. The molecule has 0 spiro atoms. The van der Waals surface area contributed by atoms with Gasteiger partial charge in [-0.3, -0.25) is 14.4 Å². The van der Waals surface area contributed by atoms with Crippen molar-refractivity contribution in [1.82, 2.24) is 10.3 Å². The highest BCUT2D eigenvalue weighted by molar-refractivity contribution is 7.14. The molecule has 0 fully saturated rings. The number of rotatable bonds is 10. The molecule has 2 amide bonds. The van der Waals surface area contributed by atoms with Gasteiger partial charge in [0.15, 0.2) is 10.9 Å². The van der Waals surface area contributed by atoms with Gasteiger partial charge in [-0.05, 0) is 61.3 Å². The summed E-state index contributed by atoms with van der Waals surface area (Å²) in [5, 5.41) is 8.08. The molecule has 0 bridgehead atoms. The summed E-state index contributed by atoms with van der Waals surface area (Å²) in [5.74, 6) is -0.204. The molecular weight excluding hydrogens is 458 g/mol. The third-order valence-electron chi connectivity index (χ3n) is 6.27. The van der Waals surface area contributed by atoms with E-state index in [4.69, 9.17) is 0 Å². The number of fused-ring (bicyclic) bond motifs is 1. The van der Waals surface area contributed by atoms with Gasteiger partial charge in [0.2, 0.25) is 11.8 Å². The Hall–Kier alpha value is -3.32. The van der Waals surface area contributed by atoms with E-state index in [0.29, 0.717) is 17.2 Å². The lowest BCUT2D eigenvalue weighted by Gasteiger charge is -2.16. The largest absolute Gasteiger partial charge is 0.356 e. The summed E-state index contributed by atoms with van der Waals surface area (Å²) in [5.41, 5.74) is 6.32. The Kier molecular flexibility index (Phi) is 8.42. The number of amides is 2. The molecule has 3 aromatic rings. The van der Waals surface area contributed by atoms with Crippen LogP contribution in [0.25, 0.3) is 11.3 Å². The lowest BCUT2D eigenvalue weighted by molar-refractivity contribution is -0.119. The van der Waals surface area contributed by atoms with Crippen molar-refractivity contribution in [1.29, 1.82) is 0 Å². The summed E-state index contributed by atoms with van der Waals surface area (Å²) >= 11 is 1.37. The molecule has 2 aromatic carbocycles. The van der Waals surface area contributed by atoms with Crippen LogP contribution in [0.1, 0.15) is 66.1 Å². The monoisotopic (exact) mass is 489 g/mol. The molecule has 0 saturated heterocycles. The van der Waals surface area contributed by atoms with Crippen molar-refractivity contribution in [2.75, 3.05) is 11.9 Å². The van der Waals surface area contributed by atoms with Gasteiger partial charge in [-0.15, -0.1) is 11.3 Å². The van der Waals surface area contributed by atoms with Crippen LogP contribution in [0.15, 0.2) is 47.8 Å². The van der Waals surface area contributed by atoms with Gasteiger partial charge >= 0.3 is 0 Å². The lowest BCUT2D eigenvalue weighted by Crippen LogP contribution is -2.21. The van der Waals surface area contributed by atoms with Crippen molar-refractivity contribution in [3.8, 4) is 11.3 Å². The number of carbonyl (C=O) groups excluding carboxylic acids is 3. The molecular formula is C28H31N3O3S. The van der Waals surface area contributed by atoms with Crippen LogP contribution in [0.4, 0.5) is 5.13 Å². The molecule has 6 nitrogen and oxygen atoms in total. The molecule has 0 unspecified atom stereocenters. The Morgan fingerprint density at radius 3 is 2.51 bits per heavy atom. The lowest BCUT2D eigenvalue weighted by atomic mass is 9.89. The van der Waals surface area contributed by atoms with E-state index >= 15 is 0 Å². The number of ketones is 1. The minimum atomic E-state index is -0.202. The quantitative estimate of drug-likeness (QED) is 0.296. The van der Waals surface area contributed by atoms with Gasteiger partial charge in [0.25, 0.3) is 0 Å². The Bertz CT molecular complexity index is 1200. The van der Waals surface area contributed by atoms with E-state index in [1.165, 1.54) is 47.8 Å². The van der Waals surface area contributed by atoms with Gasteiger partial charge in [0.05, 0.1) is 5.69 Å². The van der Waals surface area contributed by atoms with Crippen LogP contribution in [-0.4, -0.2) is 29.1 Å². The van der Waals surface area contributed by atoms with Crippen molar-refractivity contribution in [2.24, 2.45) is 0 Å². The number of aromatic nitrogens is 1. The number of hydrogen-bond donors (Lipinski definition) is 2. The summed E-state index contributed by atoms with van der Waals surface area (Å²) in [7, 11) is 0. The molecule has 1 aliphatic rings. The molecule has 0 radical (unpaired) electrons. The molecule has 182 valence electrons. The highest BCUT2D eigenvalue weighted by atomic mass is 32.1. The number of hydrogen-bond acceptors (Lipinski definition) is 5. The van der Waals surface area contributed by atoms with Gasteiger partial charge in [-0.2, -0.15) is 0 Å². The number of nitrogens with zero attached hydrogens (tertiary/aromatic N) is 1. The maximum Gasteiger partial charge on any atom is 0.226 e. The molecule has 4 rings (SSSR count). The summed E-state index contributed by atoms with van der Waals surface area (Å²) in [6.45, 7) is 2.19. The van der Waals surface area contributed by atoms with Crippen LogP contribution < -0.4 is 10.6 Å². The number of anilines is 1. The fourth-order valence-corrected chi connectivity index (χ4v) is 5.06. The van der Waals surface area contributed by atoms with Crippen molar-refractivity contribution >= 4 is 34.1 Å². The first-order valence-corrected chi connectivity index (χ1v) is 13.1. The van der Waals surface area contributed by atoms with Gasteiger partial charge in [0, 0.05) is 42.8 Å². The Morgan fingerprint density at radius 2 is 1.74 bits per heavy atom. The van der Waals surface area contributed by atoms with Crippen molar-refractivity contribution < 1.29 is 14.4 Å². The molecule has 7 heteroatoms. The number of Topliss-reactive ketones (excluding diaryl/α,β-unsaturated/α-hetero) is 1. The summed E-state index contributed by atoms with van der Waals surface area (Å²) in [6, 6.07) is 14.1. The zero-order chi connectivity index (χ0) is 24.6. The van der Waals surface area contributed by atoms with Crippen LogP contribution in [0.2, 0.25) is 0 Å². The first kappa shape index (κ1) is 24.8. The van der Waals surface area contributed by atoms with Crippen LogP contribution in [0.5, 0.6) is 0 Å². The molecule has 2 N–H and O–H groups in total. The smallest absolute Gasteiger partial charge is 0.226 e. The number of benzene rings is 2. The minimum absolute atomic E-state index is 0.00511. The molecule has 1 aromatic heterocycles. The Labute approximate surface area is 210 Å². The fourth-order valence-electron chi connectivity index (χ4n) is 4.32. The topological polar surface area (TPSA) is 88.2 Å². The Morgan fingerprint density at radius 1 is 0.971 bits per heavy atom. The molecule has 0 saturated carbocycles. The van der Waals surface area contributed by atoms with Crippen LogP contribution in [0, 0.1) is 0 Å². The number of carbonyl (C=O) groups is 3. The average Bonchev–Trinajstić information content (AvgIpc) is 3.33. The third-order valence-corrected chi connectivity index (χ3v) is 7.02. The highest BCUT2D eigenvalue weighted by Crippen LogP contribution is 2.26. The van der Waals surface area contributed by atoms with E-state index in [1.807, 2.05) is 29.6 Å². The van der Waals surface area contributed by atoms with Gasteiger partial charge in [0.1, 0.15) is 0 Å². The Balaban J connectivity index is 1.25.